The molecule has 3 aromatic rings. The van der Waals surface area contributed by atoms with Gasteiger partial charge in [-0.25, -0.2) is 4.98 Å². The smallest absolute Gasteiger partial charge is 0.236 e. The quantitative estimate of drug-likeness (QED) is 0.615. The Labute approximate surface area is 169 Å². The number of carbonyl (C=O) groups excluding carboxylic acids is 1. The number of methoxy groups -OCH3 is 2. The lowest BCUT2D eigenvalue weighted by molar-refractivity contribution is -0.235. The number of Topliss-reactive ketones (excluding diaryl/α,β-unsaturated/α-hetero) is 1. The molecule has 0 unspecified atom stereocenters. The molecule has 3 aliphatic carbocycles. The molecule has 5 heteroatoms. The Kier molecular flexibility index (Phi) is 4.19. The molecule has 2 aromatic carbocycles. The lowest BCUT2D eigenvalue weighted by Gasteiger charge is -2.50. The minimum absolute atomic E-state index is 0.0386. The second kappa shape index (κ2) is 6.65. The van der Waals surface area contributed by atoms with Crippen molar-refractivity contribution in [3.63, 3.8) is 0 Å². The van der Waals surface area contributed by atoms with Crippen LogP contribution in [0.15, 0.2) is 59.0 Å². The number of rotatable bonds is 4. The molecule has 3 atom stereocenters. The van der Waals surface area contributed by atoms with Gasteiger partial charge in [0.05, 0.1) is 5.92 Å². The second-order valence-electron chi connectivity index (χ2n) is 7.88. The van der Waals surface area contributed by atoms with Gasteiger partial charge in [-0.05, 0) is 42.5 Å². The maximum absolute atomic E-state index is 13.4. The standard InChI is InChI=1S/C24H23NO4/c1-14-9-10-21-20(11-14)25-23(29-21)18-12-17-16(15-7-5-4-6-8-15)13-19(18)24(27-2,28-3)22(17)26/h4-12,16-17,19H,13H2,1-3H3/t16-,17+,19+/m1/s1. The number of hydrogen-bond acceptors (Lipinski definition) is 5. The van der Waals surface area contributed by atoms with E-state index in [0.717, 1.165) is 34.2 Å². The topological polar surface area (TPSA) is 61.6 Å². The summed E-state index contributed by atoms with van der Waals surface area (Å²) >= 11 is 0. The monoisotopic (exact) mass is 389 g/mol. The predicted molar refractivity (Wildman–Crippen MR) is 109 cm³/mol. The molecule has 2 bridgehead atoms. The highest BCUT2D eigenvalue weighted by atomic mass is 16.7. The summed E-state index contributed by atoms with van der Waals surface area (Å²) in [5.41, 5.74) is 4.71. The highest BCUT2D eigenvalue weighted by Gasteiger charge is 2.60. The normalized spacial score (nSPS) is 25.4. The van der Waals surface area contributed by atoms with Crippen LogP contribution in [0.25, 0.3) is 16.7 Å². The summed E-state index contributed by atoms with van der Waals surface area (Å²) in [7, 11) is 3.07. The third-order valence-electron chi connectivity index (χ3n) is 6.39. The van der Waals surface area contributed by atoms with E-state index in [1.54, 1.807) is 0 Å². The average molecular weight is 389 g/mol. The molecular weight excluding hydrogens is 366 g/mol. The van der Waals surface area contributed by atoms with E-state index in [9.17, 15) is 4.79 Å². The molecular formula is C24H23NO4. The number of carbonyl (C=O) groups is 1. The fourth-order valence-electron chi connectivity index (χ4n) is 4.97. The average Bonchev–Trinajstić information content (AvgIpc) is 3.18. The van der Waals surface area contributed by atoms with Crippen LogP contribution in [0.3, 0.4) is 0 Å². The Balaban J connectivity index is 1.65. The van der Waals surface area contributed by atoms with Gasteiger partial charge in [0.15, 0.2) is 11.4 Å². The number of nitrogens with zero attached hydrogens (tertiary/aromatic N) is 1. The van der Waals surface area contributed by atoms with Crippen molar-refractivity contribution in [3.05, 3.63) is 71.6 Å². The zero-order valence-corrected chi connectivity index (χ0v) is 16.7. The van der Waals surface area contributed by atoms with E-state index in [-0.39, 0.29) is 23.5 Å². The van der Waals surface area contributed by atoms with Crippen molar-refractivity contribution in [3.8, 4) is 0 Å². The van der Waals surface area contributed by atoms with Gasteiger partial charge in [0.1, 0.15) is 5.52 Å². The maximum atomic E-state index is 13.4. The molecule has 1 saturated carbocycles. The minimum Gasteiger partial charge on any atom is -0.436 e. The van der Waals surface area contributed by atoms with Gasteiger partial charge in [-0.2, -0.15) is 0 Å². The van der Waals surface area contributed by atoms with Gasteiger partial charge in [-0.1, -0.05) is 42.5 Å². The van der Waals surface area contributed by atoms with Crippen LogP contribution in [-0.2, 0) is 14.3 Å². The van der Waals surface area contributed by atoms with E-state index in [1.807, 2.05) is 49.4 Å². The summed E-state index contributed by atoms with van der Waals surface area (Å²) in [6.45, 7) is 2.03. The Morgan fingerprint density at radius 1 is 1.10 bits per heavy atom. The van der Waals surface area contributed by atoms with Crippen LogP contribution >= 0.6 is 0 Å². The van der Waals surface area contributed by atoms with Crippen molar-refractivity contribution in [1.82, 2.24) is 4.98 Å². The molecule has 0 N–H and O–H groups in total. The molecule has 5 nitrogen and oxygen atoms in total. The first kappa shape index (κ1) is 18.3. The first-order valence-corrected chi connectivity index (χ1v) is 9.86. The lowest BCUT2D eigenvalue weighted by Crippen LogP contribution is -2.59. The fraction of sp³-hybridized carbons (Fsp3) is 0.333. The third-order valence-corrected chi connectivity index (χ3v) is 6.39. The molecule has 1 fully saturated rings. The first-order chi connectivity index (χ1) is 14.1. The molecule has 148 valence electrons. The van der Waals surface area contributed by atoms with Crippen molar-refractivity contribution in [2.75, 3.05) is 14.2 Å². The number of aryl methyl sites for hydroxylation is 1. The number of allylic oxidation sites excluding steroid dienone is 1. The van der Waals surface area contributed by atoms with Crippen LogP contribution in [0.4, 0.5) is 0 Å². The van der Waals surface area contributed by atoms with Gasteiger partial charge in [-0.15, -0.1) is 0 Å². The molecule has 0 aliphatic heterocycles. The summed E-state index contributed by atoms with van der Waals surface area (Å²) in [6, 6.07) is 16.1. The minimum atomic E-state index is -1.31. The van der Waals surface area contributed by atoms with Gasteiger partial charge >= 0.3 is 0 Å². The lowest BCUT2D eigenvalue weighted by atomic mass is 9.60. The number of fused-ring (bicyclic) bond motifs is 3. The van der Waals surface area contributed by atoms with Crippen molar-refractivity contribution in [2.24, 2.45) is 11.8 Å². The Morgan fingerprint density at radius 3 is 2.59 bits per heavy atom. The van der Waals surface area contributed by atoms with E-state index in [0.29, 0.717) is 5.89 Å². The van der Waals surface area contributed by atoms with Gasteiger partial charge in [0, 0.05) is 25.7 Å². The zero-order chi connectivity index (χ0) is 20.2. The van der Waals surface area contributed by atoms with E-state index in [4.69, 9.17) is 18.9 Å². The molecule has 0 amide bonds. The zero-order valence-electron chi connectivity index (χ0n) is 16.7. The molecule has 6 rings (SSSR count). The van der Waals surface area contributed by atoms with E-state index in [2.05, 4.69) is 12.1 Å². The third kappa shape index (κ3) is 2.61. The van der Waals surface area contributed by atoms with Gasteiger partial charge < -0.3 is 13.9 Å². The van der Waals surface area contributed by atoms with Crippen LogP contribution in [-0.4, -0.2) is 30.8 Å². The van der Waals surface area contributed by atoms with Crippen LogP contribution in [0, 0.1) is 18.8 Å². The SMILES string of the molecule is COC1(OC)C(=O)[C@H]2C=C(c3nc4cc(C)ccc4o3)[C@@H]1C[C@@H]2c1ccccc1. The Morgan fingerprint density at radius 2 is 1.86 bits per heavy atom. The molecule has 0 spiro atoms. The summed E-state index contributed by atoms with van der Waals surface area (Å²) < 4.78 is 17.5. The van der Waals surface area contributed by atoms with Crippen molar-refractivity contribution in [1.29, 1.82) is 0 Å². The summed E-state index contributed by atoms with van der Waals surface area (Å²) in [4.78, 5) is 18.1. The summed E-state index contributed by atoms with van der Waals surface area (Å²) in [6.07, 6.45) is 2.74. The largest absolute Gasteiger partial charge is 0.436 e. The van der Waals surface area contributed by atoms with Crippen molar-refractivity contribution in [2.45, 2.75) is 25.0 Å². The van der Waals surface area contributed by atoms with Crippen LogP contribution in [0.5, 0.6) is 0 Å². The van der Waals surface area contributed by atoms with Crippen molar-refractivity contribution < 1.29 is 18.7 Å². The molecule has 0 radical (unpaired) electrons. The van der Waals surface area contributed by atoms with Crippen LogP contribution in [0.1, 0.15) is 29.4 Å². The number of oxazole rings is 1. The number of aromatic nitrogens is 1. The Hall–Kier alpha value is -2.76. The number of benzene rings is 2. The van der Waals surface area contributed by atoms with E-state index < -0.39 is 5.79 Å². The molecule has 0 saturated heterocycles. The van der Waals surface area contributed by atoms with Crippen molar-refractivity contribution >= 4 is 22.5 Å². The van der Waals surface area contributed by atoms with E-state index in [1.165, 1.54) is 14.2 Å². The molecule has 1 heterocycles. The second-order valence-corrected chi connectivity index (χ2v) is 7.88. The molecule has 29 heavy (non-hydrogen) atoms. The highest BCUT2D eigenvalue weighted by molar-refractivity contribution is 5.98. The Bertz CT molecular complexity index is 1110. The van der Waals surface area contributed by atoms with Crippen LogP contribution in [0.2, 0.25) is 0 Å². The number of ketones is 1. The molecule has 3 aliphatic rings. The first-order valence-electron chi connectivity index (χ1n) is 9.86. The summed E-state index contributed by atoms with van der Waals surface area (Å²) in [5, 5.41) is 0. The fourth-order valence-corrected chi connectivity index (χ4v) is 4.97. The number of hydrogen-bond donors (Lipinski definition) is 0. The van der Waals surface area contributed by atoms with Gasteiger partial charge in [-0.3, -0.25) is 4.79 Å². The molecule has 1 aromatic heterocycles. The van der Waals surface area contributed by atoms with E-state index >= 15 is 0 Å². The van der Waals surface area contributed by atoms with Crippen LogP contribution < -0.4 is 0 Å². The maximum Gasteiger partial charge on any atom is 0.236 e. The predicted octanol–water partition coefficient (Wildman–Crippen LogP) is 4.51. The highest BCUT2D eigenvalue weighted by Crippen LogP contribution is 2.55. The van der Waals surface area contributed by atoms with Gasteiger partial charge in [0.2, 0.25) is 11.7 Å². The summed E-state index contributed by atoms with van der Waals surface area (Å²) in [5.74, 6) is -1.37. The number of ether oxygens (including phenoxy) is 2. The van der Waals surface area contributed by atoms with Gasteiger partial charge in [0.25, 0.3) is 0 Å².